The lowest BCUT2D eigenvalue weighted by atomic mass is 10.1. The van der Waals surface area contributed by atoms with Crippen molar-refractivity contribution in [1.29, 1.82) is 0 Å². The van der Waals surface area contributed by atoms with E-state index in [9.17, 15) is 8.42 Å². The highest BCUT2D eigenvalue weighted by Crippen LogP contribution is 2.26. The lowest BCUT2D eigenvalue weighted by Gasteiger charge is -2.33. The second-order valence-corrected chi connectivity index (χ2v) is 11.6. The van der Waals surface area contributed by atoms with Gasteiger partial charge in [0.2, 0.25) is 5.82 Å². The molecule has 9 heteroatoms. The molecule has 1 fully saturated rings. The average molecular weight is 492 g/mol. The number of anilines is 1. The van der Waals surface area contributed by atoms with Gasteiger partial charge in [0, 0.05) is 36.7 Å². The Hall–Kier alpha value is -3.46. The summed E-state index contributed by atoms with van der Waals surface area (Å²) >= 11 is 0. The number of hydrogen-bond donors (Lipinski definition) is 0. The molecule has 5 rings (SSSR count). The van der Waals surface area contributed by atoms with Crippen LogP contribution >= 0.6 is 0 Å². The molecule has 0 N–H and O–H groups in total. The predicted octanol–water partition coefficient (Wildman–Crippen LogP) is 4.28. The maximum atomic E-state index is 11.9. The summed E-state index contributed by atoms with van der Waals surface area (Å²) < 4.78 is 31.1. The standard InChI is InChI=1S/C26H29N5O3S/c1-18-7-9-21(10-8-18)25-16-24(29-34-25)26-27-19(2)31(28-26)17-20-5-4-6-22(15-20)30-13-11-23(12-14-30)35(3,32)33/h4-10,15-16,23H,11-14,17H2,1-3H3. The Balaban J connectivity index is 1.30. The molecule has 0 aliphatic carbocycles. The van der Waals surface area contributed by atoms with Crippen LogP contribution in [0.1, 0.15) is 29.8 Å². The molecule has 0 spiro atoms. The van der Waals surface area contributed by atoms with Crippen molar-refractivity contribution in [3.8, 4) is 22.8 Å². The van der Waals surface area contributed by atoms with Crippen molar-refractivity contribution in [1.82, 2.24) is 19.9 Å². The second-order valence-electron chi connectivity index (χ2n) is 9.27. The number of benzene rings is 2. The molecule has 2 aromatic heterocycles. The van der Waals surface area contributed by atoms with Gasteiger partial charge in [-0.25, -0.2) is 18.1 Å². The van der Waals surface area contributed by atoms with Crippen LogP contribution in [0, 0.1) is 13.8 Å². The summed E-state index contributed by atoms with van der Waals surface area (Å²) in [5, 5.41) is 8.63. The van der Waals surface area contributed by atoms with E-state index >= 15 is 0 Å². The van der Waals surface area contributed by atoms with E-state index in [1.54, 1.807) is 0 Å². The van der Waals surface area contributed by atoms with Crippen LogP contribution in [-0.4, -0.2) is 52.9 Å². The predicted molar refractivity (Wildman–Crippen MR) is 136 cm³/mol. The van der Waals surface area contributed by atoms with Crippen LogP contribution in [0.5, 0.6) is 0 Å². The molecule has 1 aliphatic rings. The first-order valence-electron chi connectivity index (χ1n) is 11.7. The van der Waals surface area contributed by atoms with Crippen molar-refractivity contribution in [2.45, 2.75) is 38.5 Å². The summed E-state index contributed by atoms with van der Waals surface area (Å²) in [6, 6.07) is 18.3. The third kappa shape index (κ3) is 5.14. The molecule has 8 nitrogen and oxygen atoms in total. The van der Waals surface area contributed by atoms with Crippen LogP contribution in [0.15, 0.2) is 59.1 Å². The van der Waals surface area contributed by atoms with E-state index in [0.29, 0.717) is 36.7 Å². The molecule has 4 aromatic rings. The number of sulfone groups is 1. The number of aromatic nitrogens is 4. The molecule has 0 radical (unpaired) electrons. The van der Waals surface area contributed by atoms with Crippen LogP contribution in [0.4, 0.5) is 5.69 Å². The molecule has 3 heterocycles. The van der Waals surface area contributed by atoms with Crippen LogP contribution < -0.4 is 4.90 Å². The normalized spacial score (nSPS) is 15.0. The second kappa shape index (κ2) is 9.30. The number of rotatable bonds is 6. The highest BCUT2D eigenvalue weighted by molar-refractivity contribution is 7.91. The van der Waals surface area contributed by atoms with Gasteiger partial charge in [-0.1, -0.05) is 47.1 Å². The Morgan fingerprint density at radius 2 is 1.77 bits per heavy atom. The van der Waals surface area contributed by atoms with E-state index < -0.39 is 9.84 Å². The third-order valence-electron chi connectivity index (χ3n) is 6.59. The van der Waals surface area contributed by atoms with Gasteiger partial charge in [0.1, 0.15) is 15.7 Å². The largest absolute Gasteiger partial charge is 0.371 e. The van der Waals surface area contributed by atoms with Gasteiger partial charge in [-0.3, -0.25) is 0 Å². The first kappa shape index (κ1) is 23.3. The molecule has 182 valence electrons. The summed E-state index contributed by atoms with van der Waals surface area (Å²) in [7, 11) is -2.98. The lowest BCUT2D eigenvalue weighted by molar-refractivity contribution is 0.434. The molecular formula is C26H29N5O3S. The molecule has 0 bridgehead atoms. The topological polar surface area (TPSA) is 94.1 Å². The Bertz CT molecular complexity index is 1430. The van der Waals surface area contributed by atoms with Gasteiger partial charge in [-0.15, -0.1) is 5.10 Å². The maximum absolute atomic E-state index is 11.9. The van der Waals surface area contributed by atoms with Crippen molar-refractivity contribution in [3.63, 3.8) is 0 Å². The molecule has 35 heavy (non-hydrogen) atoms. The highest BCUT2D eigenvalue weighted by atomic mass is 32.2. The first-order chi connectivity index (χ1) is 16.8. The molecule has 2 aromatic carbocycles. The highest BCUT2D eigenvalue weighted by Gasteiger charge is 2.26. The first-order valence-corrected chi connectivity index (χ1v) is 13.7. The van der Waals surface area contributed by atoms with E-state index in [1.165, 1.54) is 11.8 Å². The minimum Gasteiger partial charge on any atom is -0.371 e. The van der Waals surface area contributed by atoms with Crippen molar-refractivity contribution in [2.75, 3.05) is 24.2 Å². The van der Waals surface area contributed by atoms with Crippen molar-refractivity contribution in [2.24, 2.45) is 0 Å². The lowest BCUT2D eigenvalue weighted by Crippen LogP contribution is -2.39. The van der Waals surface area contributed by atoms with Gasteiger partial charge in [0.25, 0.3) is 0 Å². The van der Waals surface area contributed by atoms with Crippen LogP contribution in [0.25, 0.3) is 22.8 Å². The van der Waals surface area contributed by atoms with Gasteiger partial charge < -0.3 is 9.42 Å². The molecule has 0 amide bonds. The van der Waals surface area contributed by atoms with E-state index in [4.69, 9.17) is 4.52 Å². The number of piperidine rings is 1. The molecule has 1 saturated heterocycles. The molecule has 0 unspecified atom stereocenters. The maximum Gasteiger partial charge on any atom is 0.203 e. The fourth-order valence-corrected chi connectivity index (χ4v) is 5.55. The Morgan fingerprint density at radius 1 is 1.03 bits per heavy atom. The SMILES string of the molecule is Cc1ccc(-c2cc(-c3nc(C)n(Cc4cccc(N5CCC(S(C)(=O)=O)CC5)c4)n3)no2)cc1. The minimum absolute atomic E-state index is 0.235. The summed E-state index contributed by atoms with van der Waals surface area (Å²) in [5.74, 6) is 2.00. The van der Waals surface area contributed by atoms with Gasteiger partial charge in [-0.05, 0) is 44.4 Å². The third-order valence-corrected chi connectivity index (χ3v) is 8.27. The summed E-state index contributed by atoms with van der Waals surface area (Å²) in [6.45, 7) is 6.03. The van der Waals surface area contributed by atoms with Crippen LogP contribution in [0.3, 0.4) is 0 Å². The molecule has 0 atom stereocenters. The molecule has 0 saturated carbocycles. The number of hydrogen-bond acceptors (Lipinski definition) is 7. The van der Waals surface area contributed by atoms with Crippen molar-refractivity contribution < 1.29 is 12.9 Å². The zero-order chi connectivity index (χ0) is 24.6. The zero-order valence-corrected chi connectivity index (χ0v) is 21.0. The molecular weight excluding hydrogens is 462 g/mol. The van der Waals surface area contributed by atoms with E-state index in [2.05, 4.69) is 38.3 Å². The number of nitrogens with zero attached hydrogens (tertiary/aromatic N) is 5. The Kier molecular flexibility index (Phi) is 6.19. The van der Waals surface area contributed by atoms with Gasteiger partial charge >= 0.3 is 0 Å². The van der Waals surface area contributed by atoms with Crippen molar-refractivity contribution >= 4 is 15.5 Å². The fraction of sp³-hybridized carbons (Fsp3) is 0.346. The van der Waals surface area contributed by atoms with E-state index in [-0.39, 0.29) is 5.25 Å². The van der Waals surface area contributed by atoms with Crippen molar-refractivity contribution in [3.05, 3.63) is 71.5 Å². The fourth-order valence-electron chi connectivity index (χ4n) is 4.48. The zero-order valence-electron chi connectivity index (χ0n) is 20.2. The van der Waals surface area contributed by atoms with Gasteiger partial charge in [0.05, 0.1) is 11.8 Å². The van der Waals surface area contributed by atoms with Crippen LogP contribution in [0.2, 0.25) is 0 Å². The summed E-state index contributed by atoms with van der Waals surface area (Å²) in [5.41, 5.74) is 4.96. The van der Waals surface area contributed by atoms with Gasteiger partial charge in [-0.2, -0.15) is 0 Å². The minimum atomic E-state index is -2.98. The van der Waals surface area contributed by atoms with Crippen LogP contribution in [-0.2, 0) is 16.4 Å². The Morgan fingerprint density at radius 3 is 2.49 bits per heavy atom. The van der Waals surface area contributed by atoms with E-state index in [1.807, 2.05) is 54.9 Å². The van der Waals surface area contributed by atoms with Gasteiger partial charge in [0.15, 0.2) is 11.5 Å². The smallest absolute Gasteiger partial charge is 0.203 e. The number of aryl methyl sites for hydroxylation is 2. The average Bonchev–Trinajstić information content (AvgIpc) is 3.47. The van der Waals surface area contributed by atoms with E-state index in [0.717, 1.165) is 35.7 Å². The quantitative estimate of drug-likeness (QED) is 0.397. The summed E-state index contributed by atoms with van der Waals surface area (Å²) in [4.78, 5) is 6.86. The summed E-state index contributed by atoms with van der Waals surface area (Å²) in [6.07, 6.45) is 2.67. The molecule has 1 aliphatic heterocycles. The Labute approximate surface area is 205 Å². The monoisotopic (exact) mass is 491 g/mol.